The van der Waals surface area contributed by atoms with Crippen LogP contribution in [0.4, 0.5) is 0 Å². The first kappa shape index (κ1) is 18.0. The van der Waals surface area contributed by atoms with Gasteiger partial charge in [0.15, 0.2) is 0 Å². The highest BCUT2D eigenvalue weighted by atomic mass is 79.9. The number of methoxy groups -OCH3 is 1. The average molecular weight is 364 g/mol. The lowest BCUT2D eigenvalue weighted by molar-refractivity contribution is 0.182. The highest BCUT2D eigenvalue weighted by Gasteiger charge is 2.20. The summed E-state index contributed by atoms with van der Waals surface area (Å²) < 4.78 is 8.28. The third-order valence-electron chi connectivity index (χ3n) is 3.24. The normalized spacial score (nSPS) is 14.4. The summed E-state index contributed by atoms with van der Waals surface area (Å²) in [5.74, 6) is 1.06. The fraction of sp³-hybridized carbons (Fsp3) is 0.786. The third kappa shape index (κ3) is 5.39. The Kier molecular flexibility index (Phi) is 8.84. The highest BCUT2D eigenvalue weighted by molar-refractivity contribution is 9.10. The van der Waals surface area contributed by atoms with E-state index in [9.17, 15) is 0 Å². The van der Waals surface area contributed by atoms with Crippen molar-refractivity contribution < 1.29 is 4.74 Å². The molecule has 0 saturated heterocycles. The Bertz CT molecular complexity index is 386. The number of rotatable bonds is 10. The topological polar surface area (TPSA) is 39.1 Å². The Morgan fingerprint density at radius 2 is 2.25 bits per heavy atom. The van der Waals surface area contributed by atoms with Gasteiger partial charge in [0.05, 0.1) is 35.6 Å². The molecule has 0 spiro atoms. The van der Waals surface area contributed by atoms with E-state index < -0.39 is 0 Å². The molecule has 2 unspecified atom stereocenters. The van der Waals surface area contributed by atoms with E-state index in [0.717, 1.165) is 23.3 Å². The smallest absolute Gasteiger partial charge is 0.0705 e. The molecule has 1 rings (SSSR count). The molecular weight excluding hydrogens is 338 g/mol. The number of nitrogens with one attached hydrogen (secondary N) is 1. The van der Waals surface area contributed by atoms with Gasteiger partial charge in [-0.15, -0.1) is 0 Å². The molecule has 0 bridgehead atoms. The van der Waals surface area contributed by atoms with E-state index in [2.05, 4.69) is 47.1 Å². The molecule has 20 heavy (non-hydrogen) atoms. The van der Waals surface area contributed by atoms with Crippen molar-refractivity contribution in [3.05, 3.63) is 16.4 Å². The molecule has 1 aromatic rings. The Balaban J connectivity index is 2.81. The quantitative estimate of drug-likeness (QED) is 0.690. The first-order valence-corrected chi connectivity index (χ1v) is 9.03. The summed E-state index contributed by atoms with van der Waals surface area (Å²) >= 11 is 5.64. The van der Waals surface area contributed by atoms with Gasteiger partial charge in [0.25, 0.3) is 0 Å². The van der Waals surface area contributed by atoms with Crippen LogP contribution >= 0.6 is 27.7 Å². The summed E-state index contributed by atoms with van der Waals surface area (Å²) in [6.07, 6.45) is 3.08. The van der Waals surface area contributed by atoms with E-state index in [1.165, 1.54) is 12.1 Å². The molecule has 0 aromatic carbocycles. The summed E-state index contributed by atoms with van der Waals surface area (Å²) in [4.78, 5) is 0. The standard InChI is InChI=1S/C14H26BrN3OS/c1-5-11(3)20-10-13(16-6-2)14-12(15)9-17-18(14)7-8-19-4/h9,11,13,16H,5-8,10H2,1-4H3. The van der Waals surface area contributed by atoms with Gasteiger partial charge in [-0.3, -0.25) is 4.68 Å². The molecule has 6 heteroatoms. The fourth-order valence-electron chi connectivity index (χ4n) is 1.93. The van der Waals surface area contributed by atoms with Crippen LogP contribution < -0.4 is 5.32 Å². The number of aromatic nitrogens is 2. The van der Waals surface area contributed by atoms with Gasteiger partial charge in [-0.1, -0.05) is 20.8 Å². The number of hydrogen-bond donors (Lipinski definition) is 1. The predicted molar refractivity (Wildman–Crippen MR) is 90.4 cm³/mol. The van der Waals surface area contributed by atoms with Crippen molar-refractivity contribution in [1.82, 2.24) is 15.1 Å². The molecule has 1 aromatic heterocycles. The monoisotopic (exact) mass is 363 g/mol. The highest BCUT2D eigenvalue weighted by Crippen LogP contribution is 2.28. The first-order chi connectivity index (χ1) is 9.63. The van der Waals surface area contributed by atoms with Crippen LogP contribution in [0.1, 0.15) is 38.9 Å². The molecule has 0 aliphatic carbocycles. The first-order valence-electron chi connectivity index (χ1n) is 7.19. The van der Waals surface area contributed by atoms with E-state index in [1.807, 2.05) is 22.6 Å². The number of ether oxygens (including phenoxy) is 1. The molecule has 1 N–H and O–H groups in total. The van der Waals surface area contributed by atoms with E-state index in [0.29, 0.717) is 17.9 Å². The second-order valence-electron chi connectivity index (χ2n) is 4.76. The van der Waals surface area contributed by atoms with Gasteiger partial charge in [0.1, 0.15) is 0 Å². The zero-order valence-electron chi connectivity index (χ0n) is 12.9. The van der Waals surface area contributed by atoms with Crippen molar-refractivity contribution in [3.63, 3.8) is 0 Å². The Hall–Kier alpha value is -0.0400. The maximum atomic E-state index is 5.16. The molecule has 116 valence electrons. The maximum Gasteiger partial charge on any atom is 0.0705 e. The van der Waals surface area contributed by atoms with Crippen LogP contribution in [0.3, 0.4) is 0 Å². The minimum atomic E-state index is 0.313. The van der Waals surface area contributed by atoms with Crippen molar-refractivity contribution in [2.24, 2.45) is 0 Å². The molecule has 4 nitrogen and oxygen atoms in total. The Morgan fingerprint density at radius 1 is 1.50 bits per heavy atom. The van der Waals surface area contributed by atoms with Crippen LogP contribution in [0.2, 0.25) is 0 Å². The molecule has 0 aliphatic heterocycles. The molecule has 0 aliphatic rings. The van der Waals surface area contributed by atoms with Crippen LogP contribution in [0.15, 0.2) is 10.7 Å². The number of thioether (sulfide) groups is 1. The summed E-state index contributed by atoms with van der Waals surface area (Å²) in [6.45, 7) is 9.08. The lowest BCUT2D eigenvalue weighted by Crippen LogP contribution is -2.27. The summed E-state index contributed by atoms with van der Waals surface area (Å²) in [5, 5.41) is 8.70. The zero-order valence-corrected chi connectivity index (χ0v) is 15.3. The van der Waals surface area contributed by atoms with Gasteiger partial charge < -0.3 is 10.1 Å². The predicted octanol–water partition coefficient (Wildman–Crippen LogP) is 3.47. The molecule has 0 amide bonds. The zero-order chi connectivity index (χ0) is 15.0. The van der Waals surface area contributed by atoms with Crippen molar-refractivity contribution in [1.29, 1.82) is 0 Å². The van der Waals surface area contributed by atoms with Crippen molar-refractivity contribution in [2.75, 3.05) is 26.0 Å². The summed E-state index contributed by atoms with van der Waals surface area (Å²) in [6, 6.07) is 0.313. The SMILES string of the molecule is CCNC(CSC(C)CC)c1c(Br)cnn1CCOC. The lowest BCUT2D eigenvalue weighted by Gasteiger charge is -2.21. The lowest BCUT2D eigenvalue weighted by atomic mass is 10.2. The number of halogens is 1. The molecule has 1 heterocycles. The number of nitrogens with zero attached hydrogens (tertiary/aromatic N) is 2. The minimum Gasteiger partial charge on any atom is -0.383 e. The van der Waals surface area contributed by atoms with Gasteiger partial charge >= 0.3 is 0 Å². The number of hydrogen-bond acceptors (Lipinski definition) is 4. The average Bonchev–Trinajstić information content (AvgIpc) is 2.81. The second kappa shape index (κ2) is 9.82. The Morgan fingerprint density at radius 3 is 2.85 bits per heavy atom. The van der Waals surface area contributed by atoms with E-state index in [4.69, 9.17) is 4.74 Å². The molecule has 0 fully saturated rings. The van der Waals surface area contributed by atoms with Gasteiger partial charge in [0.2, 0.25) is 0 Å². The molecule has 0 radical (unpaired) electrons. The van der Waals surface area contributed by atoms with Crippen LogP contribution in [0.25, 0.3) is 0 Å². The van der Waals surface area contributed by atoms with E-state index >= 15 is 0 Å². The molecule has 0 saturated carbocycles. The largest absolute Gasteiger partial charge is 0.383 e. The minimum absolute atomic E-state index is 0.313. The van der Waals surface area contributed by atoms with Crippen LogP contribution in [0, 0.1) is 0 Å². The van der Waals surface area contributed by atoms with E-state index in [-0.39, 0.29) is 0 Å². The second-order valence-corrected chi connectivity index (χ2v) is 7.08. The molecule has 2 atom stereocenters. The van der Waals surface area contributed by atoms with Gasteiger partial charge in [0, 0.05) is 18.1 Å². The fourth-order valence-corrected chi connectivity index (χ4v) is 3.54. The van der Waals surface area contributed by atoms with Crippen molar-refractivity contribution in [3.8, 4) is 0 Å². The maximum absolute atomic E-state index is 5.16. The van der Waals surface area contributed by atoms with Crippen LogP contribution in [-0.2, 0) is 11.3 Å². The Labute approximate surface area is 135 Å². The van der Waals surface area contributed by atoms with Crippen LogP contribution in [-0.4, -0.2) is 41.0 Å². The van der Waals surface area contributed by atoms with Gasteiger partial charge in [-0.05, 0) is 28.9 Å². The van der Waals surface area contributed by atoms with E-state index in [1.54, 1.807) is 7.11 Å². The van der Waals surface area contributed by atoms with Gasteiger partial charge in [-0.25, -0.2) is 0 Å². The van der Waals surface area contributed by atoms with Crippen LogP contribution in [0.5, 0.6) is 0 Å². The van der Waals surface area contributed by atoms with Crippen molar-refractivity contribution in [2.45, 2.75) is 45.0 Å². The molecular formula is C14H26BrN3OS. The van der Waals surface area contributed by atoms with Gasteiger partial charge in [-0.2, -0.15) is 16.9 Å². The third-order valence-corrected chi connectivity index (χ3v) is 5.28. The summed E-state index contributed by atoms with van der Waals surface area (Å²) in [5.41, 5.74) is 1.22. The van der Waals surface area contributed by atoms with Crippen molar-refractivity contribution >= 4 is 27.7 Å². The summed E-state index contributed by atoms with van der Waals surface area (Å²) in [7, 11) is 1.72.